The molecule has 0 saturated carbocycles. The molecule has 4 aromatic rings. The molecule has 0 fully saturated rings. The molecule has 1 aliphatic rings. The minimum atomic E-state index is -0.106. The van der Waals surface area contributed by atoms with Crippen molar-refractivity contribution in [2.75, 3.05) is 5.75 Å². The maximum absolute atomic E-state index is 13.3. The topological polar surface area (TPSA) is 71.6 Å². The van der Waals surface area contributed by atoms with Crippen molar-refractivity contribution in [2.24, 2.45) is 5.10 Å². The second kappa shape index (κ2) is 8.22. The molecule has 0 radical (unpaired) electrons. The molecule has 31 heavy (non-hydrogen) atoms. The van der Waals surface area contributed by atoms with Gasteiger partial charge in [0.1, 0.15) is 27.2 Å². The zero-order chi connectivity index (χ0) is 21.5. The molecule has 9 heteroatoms. The number of thiophene rings is 2. The molecule has 0 saturated heterocycles. The van der Waals surface area contributed by atoms with E-state index in [0.29, 0.717) is 12.2 Å². The van der Waals surface area contributed by atoms with Crippen LogP contribution in [0.1, 0.15) is 39.4 Å². The first-order valence-corrected chi connectivity index (χ1v) is 12.5. The third kappa shape index (κ3) is 3.81. The number of furan rings is 1. The fourth-order valence-corrected chi connectivity index (χ4v) is 6.58. The average Bonchev–Trinajstić information content (AvgIpc) is 3.53. The molecule has 1 unspecified atom stereocenters. The van der Waals surface area contributed by atoms with E-state index in [9.17, 15) is 4.79 Å². The van der Waals surface area contributed by atoms with Crippen LogP contribution in [0.4, 0.5) is 0 Å². The Labute approximate surface area is 192 Å². The first-order valence-electron chi connectivity index (χ1n) is 9.85. The summed E-state index contributed by atoms with van der Waals surface area (Å²) in [6.45, 7) is 6.08. The number of carbonyl (C=O) groups is 1. The number of rotatable bonds is 5. The van der Waals surface area contributed by atoms with E-state index in [4.69, 9.17) is 4.42 Å². The first-order chi connectivity index (χ1) is 15.0. The van der Waals surface area contributed by atoms with Gasteiger partial charge in [-0.05, 0) is 49.9 Å². The lowest BCUT2D eigenvalue weighted by molar-refractivity contribution is -0.130. The van der Waals surface area contributed by atoms with Crippen LogP contribution in [0.2, 0.25) is 0 Å². The summed E-state index contributed by atoms with van der Waals surface area (Å²) in [6, 6.07) is 7.68. The number of carbonyl (C=O) groups excluding carboxylic acids is 1. The van der Waals surface area contributed by atoms with E-state index < -0.39 is 0 Å². The van der Waals surface area contributed by atoms with Crippen LogP contribution in [0.5, 0.6) is 0 Å². The number of fused-ring (bicyclic) bond motifs is 1. The second-order valence-corrected chi connectivity index (χ2v) is 10.5. The van der Waals surface area contributed by atoms with E-state index in [-0.39, 0.29) is 17.7 Å². The molecule has 1 amide bonds. The van der Waals surface area contributed by atoms with Crippen molar-refractivity contribution >= 4 is 56.3 Å². The van der Waals surface area contributed by atoms with Gasteiger partial charge >= 0.3 is 0 Å². The molecule has 0 aliphatic carbocycles. The molecule has 1 aliphatic heterocycles. The van der Waals surface area contributed by atoms with Gasteiger partial charge in [0.15, 0.2) is 0 Å². The van der Waals surface area contributed by atoms with Crippen LogP contribution in [-0.2, 0) is 4.79 Å². The zero-order valence-electron chi connectivity index (χ0n) is 17.3. The van der Waals surface area contributed by atoms with Gasteiger partial charge in [-0.3, -0.25) is 4.79 Å². The molecule has 1 atom stereocenters. The Morgan fingerprint density at radius 2 is 2.13 bits per heavy atom. The van der Waals surface area contributed by atoms with Gasteiger partial charge in [-0.2, -0.15) is 5.10 Å². The van der Waals surface area contributed by atoms with Gasteiger partial charge in [-0.1, -0.05) is 17.8 Å². The van der Waals surface area contributed by atoms with Crippen molar-refractivity contribution in [2.45, 2.75) is 38.3 Å². The Morgan fingerprint density at radius 1 is 1.26 bits per heavy atom. The molecule has 4 aromatic heterocycles. The highest BCUT2D eigenvalue weighted by Gasteiger charge is 2.34. The van der Waals surface area contributed by atoms with Gasteiger partial charge in [0, 0.05) is 21.6 Å². The summed E-state index contributed by atoms with van der Waals surface area (Å²) in [7, 11) is 0. The molecule has 0 N–H and O–H groups in total. The quantitative estimate of drug-likeness (QED) is 0.276. The highest BCUT2D eigenvalue weighted by molar-refractivity contribution is 8.00. The standard InChI is InChI=1S/C22H20N4O2S3/c1-12-13(2)31-22-20(12)21(23-14(3)24-22)30-11-19(27)26-16(18-7-5-9-29-18)10-15(25-26)17-6-4-8-28-17/h4-9,16H,10-11H2,1-3H3. The van der Waals surface area contributed by atoms with E-state index in [1.54, 1.807) is 33.9 Å². The molecule has 158 valence electrons. The van der Waals surface area contributed by atoms with E-state index in [0.717, 1.165) is 31.7 Å². The Kier molecular flexibility index (Phi) is 5.41. The Morgan fingerprint density at radius 3 is 2.87 bits per heavy atom. The largest absolute Gasteiger partial charge is 0.463 e. The van der Waals surface area contributed by atoms with Gasteiger partial charge in [0.2, 0.25) is 0 Å². The lowest BCUT2D eigenvalue weighted by Gasteiger charge is -2.20. The number of thioether (sulfide) groups is 1. The monoisotopic (exact) mass is 468 g/mol. The molecule has 0 spiro atoms. The van der Waals surface area contributed by atoms with Crippen LogP contribution in [-0.4, -0.2) is 32.3 Å². The summed E-state index contributed by atoms with van der Waals surface area (Å²) in [4.78, 5) is 25.8. The van der Waals surface area contributed by atoms with Crippen LogP contribution >= 0.6 is 34.4 Å². The number of amides is 1. The van der Waals surface area contributed by atoms with Gasteiger partial charge in [0.25, 0.3) is 5.91 Å². The number of hydrogen-bond acceptors (Lipinski definition) is 8. The lowest BCUT2D eigenvalue weighted by Crippen LogP contribution is -2.28. The van der Waals surface area contributed by atoms with Crippen LogP contribution in [0.3, 0.4) is 0 Å². The SMILES string of the molecule is Cc1nc(SCC(=O)N2N=C(c3ccco3)CC2c2cccs2)c2c(C)c(C)sc2n1. The van der Waals surface area contributed by atoms with E-state index >= 15 is 0 Å². The fraction of sp³-hybridized carbons (Fsp3) is 0.273. The van der Waals surface area contributed by atoms with Crippen molar-refractivity contribution in [1.82, 2.24) is 15.0 Å². The van der Waals surface area contributed by atoms with E-state index in [1.165, 1.54) is 22.2 Å². The van der Waals surface area contributed by atoms with Gasteiger partial charge in [-0.15, -0.1) is 22.7 Å². The van der Waals surface area contributed by atoms with Crippen molar-refractivity contribution in [1.29, 1.82) is 0 Å². The average molecular weight is 469 g/mol. The third-order valence-corrected chi connectivity index (χ3v) is 8.32. The summed E-state index contributed by atoms with van der Waals surface area (Å²) in [5.41, 5.74) is 1.98. The minimum Gasteiger partial charge on any atom is -0.463 e. The lowest BCUT2D eigenvalue weighted by atomic mass is 10.1. The Hall–Kier alpha value is -2.49. The highest BCUT2D eigenvalue weighted by atomic mass is 32.2. The molecular formula is C22H20N4O2S3. The van der Waals surface area contributed by atoms with Gasteiger partial charge in [-0.25, -0.2) is 15.0 Å². The molecule has 0 bridgehead atoms. The predicted molar refractivity (Wildman–Crippen MR) is 126 cm³/mol. The highest BCUT2D eigenvalue weighted by Crippen LogP contribution is 2.38. The van der Waals surface area contributed by atoms with Crippen molar-refractivity contribution in [3.8, 4) is 0 Å². The summed E-state index contributed by atoms with van der Waals surface area (Å²) in [6.07, 6.45) is 2.27. The van der Waals surface area contributed by atoms with E-state index in [1.807, 2.05) is 30.5 Å². The molecule has 0 aromatic carbocycles. The minimum absolute atomic E-state index is 0.0426. The first kappa shape index (κ1) is 20.4. The van der Waals surface area contributed by atoms with Crippen LogP contribution < -0.4 is 0 Å². The van der Waals surface area contributed by atoms with Crippen molar-refractivity contribution in [3.05, 3.63) is 62.8 Å². The normalized spacial score (nSPS) is 16.3. The van der Waals surface area contributed by atoms with E-state index in [2.05, 4.69) is 35.0 Å². The zero-order valence-corrected chi connectivity index (χ0v) is 19.7. The summed E-state index contributed by atoms with van der Waals surface area (Å²) in [5, 5.41) is 10.2. The number of hydrazone groups is 1. The van der Waals surface area contributed by atoms with Gasteiger partial charge in [0.05, 0.1) is 18.1 Å². The second-order valence-electron chi connectivity index (χ2n) is 7.33. The molecular weight excluding hydrogens is 448 g/mol. The summed E-state index contributed by atoms with van der Waals surface area (Å²) >= 11 is 4.77. The molecule has 5 heterocycles. The smallest absolute Gasteiger partial charge is 0.253 e. The Bertz CT molecular complexity index is 1280. The summed E-state index contributed by atoms with van der Waals surface area (Å²) < 4.78 is 5.53. The molecule has 5 rings (SSSR count). The Balaban J connectivity index is 1.42. The van der Waals surface area contributed by atoms with Gasteiger partial charge < -0.3 is 4.42 Å². The van der Waals surface area contributed by atoms with Crippen LogP contribution in [0.15, 0.2) is 50.5 Å². The maximum Gasteiger partial charge on any atom is 0.253 e. The predicted octanol–water partition coefficient (Wildman–Crippen LogP) is 5.74. The number of nitrogens with zero attached hydrogens (tertiary/aromatic N) is 4. The number of aromatic nitrogens is 2. The number of hydrogen-bond donors (Lipinski definition) is 0. The van der Waals surface area contributed by atoms with Crippen LogP contribution in [0, 0.1) is 20.8 Å². The number of aryl methyl sites for hydroxylation is 3. The fourth-order valence-electron chi connectivity index (χ4n) is 3.65. The van der Waals surface area contributed by atoms with Crippen molar-refractivity contribution in [3.63, 3.8) is 0 Å². The van der Waals surface area contributed by atoms with Crippen LogP contribution in [0.25, 0.3) is 10.2 Å². The third-order valence-electron chi connectivity index (χ3n) is 5.28. The molecule has 6 nitrogen and oxygen atoms in total. The van der Waals surface area contributed by atoms with Crippen molar-refractivity contribution < 1.29 is 9.21 Å². The maximum atomic E-state index is 13.3. The summed E-state index contributed by atoms with van der Waals surface area (Å²) in [5.74, 6) is 1.65.